The quantitative estimate of drug-likeness (QED) is 0.652. The second-order valence-electron chi connectivity index (χ2n) is 2.27. The SMILES string of the molecule is C.O=Cc1[nH]nc2ccccc12. The zero-order valence-electron chi connectivity index (χ0n) is 5.74. The minimum atomic E-state index is 0. The lowest BCUT2D eigenvalue weighted by Gasteiger charge is -1.83. The molecule has 2 rings (SSSR count). The van der Waals surface area contributed by atoms with Crippen molar-refractivity contribution in [2.45, 2.75) is 7.43 Å². The van der Waals surface area contributed by atoms with Crippen molar-refractivity contribution in [3.63, 3.8) is 0 Å². The number of aldehydes is 1. The predicted octanol–water partition coefficient (Wildman–Crippen LogP) is 2.01. The summed E-state index contributed by atoms with van der Waals surface area (Å²) in [7, 11) is 0. The Labute approximate surface area is 70.4 Å². The Hall–Kier alpha value is -1.64. The molecule has 62 valence electrons. The van der Waals surface area contributed by atoms with Crippen LogP contribution in [0.1, 0.15) is 17.9 Å². The molecule has 12 heavy (non-hydrogen) atoms. The van der Waals surface area contributed by atoms with E-state index in [4.69, 9.17) is 0 Å². The van der Waals surface area contributed by atoms with E-state index in [9.17, 15) is 4.79 Å². The van der Waals surface area contributed by atoms with Crippen LogP contribution >= 0.6 is 0 Å². The Kier molecular flexibility index (Phi) is 2.24. The van der Waals surface area contributed by atoms with Gasteiger partial charge in [-0.1, -0.05) is 25.6 Å². The van der Waals surface area contributed by atoms with Gasteiger partial charge in [0.05, 0.1) is 5.52 Å². The average molecular weight is 162 g/mol. The average Bonchev–Trinajstić information content (AvgIpc) is 2.47. The van der Waals surface area contributed by atoms with E-state index in [1.807, 2.05) is 24.3 Å². The first kappa shape index (κ1) is 8.46. The lowest BCUT2D eigenvalue weighted by Crippen LogP contribution is -1.77. The van der Waals surface area contributed by atoms with Crippen LogP contribution in [0.4, 0.5) is 0 Å². The van der Waals surface area contributed by atoms with Gasteiger partial charge in [0.1, 0.15) is 5.69 Å². The topological polar surface area (TPSA) is 45.8 Å². The normalized spacial score (nSPS) is 9.33. The lowest BCUT2D eigenvalue weighted by atomic mass is 10.2. The van der Waals surface area contributed by atoms with E-state index < -0.39 is 0 Å². The molecule has 0 aliphatic rings. The van der Waals surface area contributed by atoms with Gasteiger partial charge in [-0.15, -0.1) is 0 Å². The molecule has 0 fully saturated rings. The van der Waals surface area contributed by atoms with E-state index in [2.05, 4.69) is 10.2 Å². The highest BCUT2D eigenvalue weighted by molar-refractivity contribution is 5.94. The molecular weight excluding hydrogens is 152 g/mol. The van der Waals surface area contributed by atoms with Gasteiger partial charge in [-0.05, 0) is 6.07 Å². The highest BCUT2D eigenvalue weighted by Crippen LogP contribution is 2.12. The summed E-state index contributed by atoms with van der Waals surface area (Å²) in [5.41, 5.74) is 1.37. The molecule has 0 unspecified atom stereocenters. The number of aromatic amines is 1. The molecule has 0 aliphatic carbocycles. The first-order valence-electron chi connectivity index (χ1n) is 3.30. The molecule has 0 radical (unpaired) electrons. The summed E-state index contributed by atoms with van der Waals surface area (Å²) in [6.45, 7) is 0. The molecule has 0 saturated carbocycles. The van der Waals surface area contributed by atoms with Crippen LogP contribution in [0.5, 0.6) is 0 Å². The number of nitrogens with zero attached hydrogens (tertiary/aromatic N) is 1. The zero-order chi connectivity index (χ0) is 7.68. The fourth-order valence-electron chi connectivity index (χ4n) is 1.07. The van der Waals surface area contributed by atoms with E-state index in [1.54, 1.807) is 0 Å². The van der Waals surface area contributed by atoms with Crippen molar-refractivity contribution in [3.05, 3.63) is 30.0 Å². The second-order valence-corrected chi connectivity index (χ2v) is 2.27. The number of fused-ring (bicyclic) bond motifs is 1. The molecule has 0 saturated heterocycles. The molecule has 0 atom stereocenters. The Balaban J connectivity index is 0.000000720. The van der Waals surface area contributed by atoms with Crippen molar-refractivity contribution in [1.29, 1.82) is 0 Å². The summed E-state index contributed by atoms with van der Waals surface area (Å²) < 4.78 is 0. The van der Waals surface area contributed by atoms with Crippen molar-refractivity contribution >= 4 is 17.2 Å². The van der Waals surface area contributed by atoms with Crippen LogP contribution in [0.25, 0.3) is 10.9 Å². The Morgan fingerprint density at radius 1 is 1.33 bits per heavy atom. The second kappa shape index (κ2) is 3.17. The summed E-state index contributed by atoms with van der Waals surface area (Å²) in [4.78, 5) is 10.4. The highest BCUT2D eigenvalue weighted by Gasteiger charge is 2.00. The third kappa shape index (κ3) is 1.09. The Bertz CT molecular complexity index is 392. The fraction of sp³-hybridized carbons (Fsp3) is 0.111. The molecular formula is C9H10N2O. The van der Waals surface area contributed by atoms with Crippen LogP contribution in [-0.4, -0.2) is 16.5 Å². The van der Waals surface area contributed by atoms with Crippen LogP contribution in [0.3, 0.4) is 0 Å². The minimum Gasteiger partial charge on any atom is -0.296 e. The van der Waals surface area contributed by atoms with Gasteiger partial charge in [-0.25, -0.2) is 0 Å². The number of nitrogens with one attached hydrogen (secondary N) is 1. The number of H-pyrrole nitrogens is 1. The van der Waals surface area contributed by atoms with Crippen molar-refractivity contribution < 1.29 is 4.79 Å². The largest absolute Gasteiger partial charge is 0.296 e. The first-order chi connectivity index (χ1) is 5.42. The molecule has 0 aliphatic heterocycles. The third-order valence-corrected chi connectivity index (χ3v) is 1.61. The number of hydrogen-bond acceptors (Lipinski definition) is 2. The van der Waals surface area contributed by atoms with E-state index in [-0.39, 0.29) is 7.43 Å². The summed E-state index contributed by atoms with van der Waals surface area (Å²) in [6, 6.07) is 7.49. The van der Waals surface area contributed by atoms with Crippen molar-refractivity contribution in [2.24, 2.45) is 0 Å². The Morgan fingerprint density at radius 2 is 2.08 bits per heavy atom. The maximum atomic E-state index is 10.4. The molecule has 0 amide bonds. The molecule has 0 bridgehead atoms. The molecule has 2 aromatic rings. The van der Waals surface area contributed by atoms with E-state index >= 15 is 0 Å². The summed E-state index contributed by atoms with van der Waals surface area (Å²) in [6.07, 6.45) is 0.773. The van der Waals surface area contributed by atoms with Gasteiger partial charge >= 0.3 is 0 Å². The standard InChI is InChI=1S/C8H6N2O.CH4/c11-5-8-6-3-1-2-4-7(6)9-10-8;/h1-5H,(H,9,10);1H4. The minimum absolute atomic E-state index is 0. The van der Waals surface area contributed by atoms with Gasteiger partial charge in [0.25, 0.3) is 0 Å². The number of carbonyl (C=O) groups is 1. The van der Waals surface area contributed by atoms with Crippen LogP contribution in [-0.2, 0) is 0 Å². The first-order valence-corrected chi connectivity index (χ1v) is 3.30. The number of hydrogen-bond donors (Lipinski definition) is 1. The van der Waals surface area contributed by atoms with Gasteiger partial charge in [0, 0.05) is 5.39 Å². The molecule has 1 aromatic heterocycles. The van der Waals surface area contributed by atoms with Gasteiger partial charge in [-0.3, -0.25) is 9.89 Å². The monoisotopic (exact) mass is 162 g/mol. The van der Waals surface area contributed by atoms with Crippen LogP contribution < -0.4 is 0 Å². The van der Waals surface area contributed by atoms with Crippen molar-refractivity contribution in [1.82, 2.24) is 10.2 Å². The molecule has 3 heteroatoms. The Morgan fingerprint density at radius 3 is 2.83 bits per heavy atom. The van der Waals surface area contributed by atoms with Crippen LogP contribution in [0, 0.1) is 0 Å². The van der Waals surface area contributed by atoms with Crippen LogP contribution in [0.2, 0.25) is 0 Å². The van der Waals surface area contributed by atoms with Gasteiger partial charge in [0.15, 0.2) is 6.29 Å². The smallest absolute Gasteiger partial charge is 0.168 e. The number of rotatable bonds is 1. The molecule has 3 nitrogen and oxygen atoms in total. The molecule has 1 N–H and O–H groups in total. The van der Waals surface area contributed by atoms with E-state index in [0.29, 0.717) is 5.69 Å². The summed E-state index contributed by atoms with van der Waals surface area (Å²) in [5, 5.41) is 7.46. The number of carbonyl (C=O) groups excluding carboxylic acids is 1. The molecule has 1 heterocycles. The van der Waals surface area contributed by atoms with Crippen LogP contribution in [0.15, 0.2) is 24.3 Å². The van der Waals surface area contributed by atoms with Crippen molar-refractivity contribution in [3.8, 4) is 0 Å². The number of para-hydroxylation sites is 1. The fourth-order valence-corrected chi connectivity index (χ4v) is 1.07. The molecule has 1 aromatic carbocycles. The zero-order valence-corrected chi connectivity index (χ0v) is 5.74. The summed E-state index contributed by atoms with van der Waals surface area (Å²) >= 11 is 0. The maximum absolute atomic E-state index is 10.4. The van der Waals surface area contributed by atoms with E-state index in [1.165, 1.54) is 0 Å². The van der Waals surface area contributed by atoms with Gasteiger partial charge in [0.2, 0.25) is 0 Å². The summed E-state index contributed by atoms with van der Waals surface area (Å²) in [5.74, 6) is 0. The highest BCUT2D eigenvalue weighted by atomic mass is 16.1. The molecule has 0 spiro atoms. The third-order valence-electron chi connectivity index (χ3n) is 1.61. The van der Waals surface area contributed by atoms with Gasteiger partial charge in [-0.2, -0.15) is 5.10 Å². The predicted molar refractivity (Wildman–Crippen MR) is 48.2 cm³/mol. The lowest BCUT2D eigenvalue weighted by molar-refractivity contribution is 0.112. The van der Waals surface area contributed by atoms with E-state index in [0.717, 1.165) is 17.2 Å². The number of benzene rings is 1. The van der Waals surface area contributed by atoms with Crippen molar-refractivity contribution in [2.75, 3.05) is 0 Å². The number of aromatic nitrogens is 2. The maximum Gasteiger partial charge on any atom is 0.168 e. The van der Waals surface area contributed by atoms with Gasteiger partial charge < -0.3 is 0 Å².